The third kappa shape index (κ3) is 4.79. The van der Waals surface area contributed by atoms with E-state index in [1.165, 1.54) is 6.33 Å². The highest BCUT2D eigenvalue weighted by molar-refractivity contribution is 5.04. The van der Waals surface area contributed by atoms with E-state index >= 15 is 0 Å². The number of likely N-dealkylation sites (tertiary alicyclic amines) is 1. The van der Waals surface area contributed by atoms with Gasteiger partial charge in [-0.15, -0.1) is 10.2 Å². The molecule has 1 aliphatic rings. The average Bonchev–Trinajstić information content (AvgIpc) is 3.15. The van der Waals surface area contributed by atoms with Crippen molar-refractivity contribution in [3.05, 3.63) is 36.1 Å². The van der Waals surface area contributed by atoms with Crippen molar-refractivity contribution in [3.8, 4) is 0 Å². The molecule has 0 aromatic carbocycles. The molecule has 3 heterocycles. The summed E-state index contributed by atoms with van der Waals surface area (Å²) in [5.41, 5.74) is 1.00. The Morgan fingerprint density at radius 3 is 2.76 bits per heavy atom. The van der Waals surface area contributed by atoms with Gasteiger partial charge in [-0.3, -0.25) is 9.80 Å². The number of aromatic nitrogens is 4. The van der Waals surface area contributed by atoms with Crippen LogP contribution in [0.25, 0.3) is 0 Å². The van der Waals surface area contributed by atoms with Crippen LogP contribution >= 0.6 is 0 Å². The Labute approximate surface area is 147 Å². The lowest BCUT2D eigenvalue weighted by Crippen LogP contribution is -2.38. The summed E-state index contributed by atoms with van der Waals surface area (Å²) in [6, 6.07) is 0.146. The van der Waals surface area contributed by atoms with E-state index in [0.717, 1.165) is 12.1 Å². The van der Waals surface area contributed by atoms with Crippen molar-refractivity contribution in [2.24, 2.45) is 0 Å². The molecule has 136 valence electrons. The Kier molecular flexibility index (Phi) is 5.70. The Morgan fingerprint density at radius 1 is 1.32 bits per heavy atom. The van der Waals surface area contributed by atoms with Gasteiger partial charge in [-0.1, -0.05) is 13.8 Å². The summed E-state index contributed by atoms with van der Waals surface area (Å²) < 4.78 is 19.6. The number of alkyl halides is 1. The summed E-state index contributed by atoms with van der Waals surface area (Å²) in [6.07, 6.45) is 4.82. The number of likely N-dealkylation sites (N-methyl/N-ethyl adjacent to an activating group) is 1. The Balaban J connectivity index is 1.57. The third-order valence-electron chi connectivity index (χ3n) is 4.38. The van der Waals surface area contributed by atoms with Crippen molar-refractivity contribution >= 4 is 0 Å². The fraction of sp³-hybridized carbons (Fsp3) is 0.647. The van der Waals surface area contributed by atoms with Crippen LogP contribution in [0.5, 0.6) is 0 Å². The van der Waals surface area contributed by atoms with Crippen molar-refractivity contribution < 1.29 is 8.81 Å². The molecule has 0 aliphatic carbocycles. The first-order valence-corrected chi connectivity index (χ1v) is 8.64. The van der Waals surface area contributed by atoms with Gasteiger partial charge >= 0.3 is 0 Å². The molecule has 1 aliphatic heterocycles. The van der Waals surface area contributed by atoms with E-state index in [1.807, 2.05) is 20.9 Å². The van der Waals surface area contributed by atoms with Crippen LogP contribution in [-0.2, 0) is 13.1 Å². The minimum atomic E-state index is -0.793. The molecule has 3 rings (SSSR count). The fourth-order valence-electron chi connectivity index (χ4n) is 3.17. The van der Waals surface area contributed by atoms with Gasteiger partial charge in [0, 0.05) is 49.6 Å². The van der Waals surface area contributed by atoms with E-state index in [4.69, 9.17) is 4.42 Å². The van der Waals surface area contributed by atoms with Crippen LogP contribution in [0.4, 0.5) is 4.39 Å². The molecule has 2 atom stereocenters. The minimum absolute atomic E-state index is 0.146. The van der Waals surface area contributed by atoms with Crippen LogP contribution in [0, 0.1) is 0 Å². The summed E-state index contributed by atoms with van der Waals surface area (Å²) >= 11 is 0. The van der Waals surface area contributed by atoms with Gasteiger partial charge in [0.05, 0.1) is 6.54 Å². The first-order valence-electron chi connectivity index (χ1n) is 8.64. The molecule has 0 spiro atoms. The molecule has 7 nitrogen and oxygen atoms in total. The van der Waals surface area contributed by atoms with Crippen LogP contribution in [0.1, 0.15) is 43.5 Å². The lowest BCUT2D eigenvalue weighted by atomic mass is 10.2. The molecule has 25 heavy (non-hydrogen) atoms. The van der Waals surface area contributed by atoms with Crippen molar-refractivity contribution in [3.63, 3.8) is 0 Å². The van der Waals surface area contributed by atoms with Gasteiger partial charge < -0.3 is 4.42 Å². The van der Waals surface area contributed by atoms with Gasteiger partial charge in [0.2, 0.25) is 11.8 Å². The number of nitrogens with zero attached hydrogens (tertiary/aromatic N) is 6. The number of hydrogen-bond donors (Lipinski definition) is 0. The minimum Gasteiger partial charge on any atom is -0.424 e. The van der Waals surface area contributed by atoms with Crippen molar-refractivity contribution in [2.75, 3.05) is 20.1 Å². The fourth-order valence-corrected chi connectivity index (χ4v) is 3.17. The zero-order chi connectivity index (χ0) is 17.8. The van der Waals surface area contributed by atoms with E-state index in [2.05, 4.69) is 30.0 Å². The zero-order valence-corrected chi connectivity index (χ0v) is 15.0. The van der Waals surface area contributed by atoms with E-state index < -0.39 is 6.17 Å². The molecule has 8 heteroatoms. The van der Waals surface area contributed by atoms with Crippen molar-refractivity contribution in [2.45, 2.75) is 51.5 Å². The van der Waals surface area contributed by atoms with Crippen LogP contribution in [0.3, 0.4) is 0 Å². The first kappa shape index (κ1) is 17.9. The molecule has 0 N–H and O–H groups in total. The zero-order valence-electron chi connectivity index (χ0n) is 15.0. The topological polar surface area (TPSA) is 71.2 Å². The highest BCUT2D eigenvalue weighted by atomic mass is 19.1. The number of rotatable bonds is 7. The Hall–Kier alpha value is -1.93. The lowest BCUT2D eigenvalue weighted by molar-refractivity contribution is 0.172. The standard InChI is InChI=1S/C17H25FN6O/c1-12(2)17-22-21-16(25-17)10-23(3)9-15-4-14(18)8-24(15)7-13-5-19-11-20-6-13/h5-6,11-12,14-15H,4,7-10H2,1-3H3/t14-,15-/m0/s1. The van der Waals surface area contributed by atoms with E-state index in [9.17, 15) is 4.39 Å². The van der Waals surface area contributed by atoms with Gasteiger partial charge in [-0.25, -0.2) is 14.4 Å². The molecule has 0 radical (unpaired) electrons. The summed E-state index contributed by atoms with van der Waals surface area (Å²) in [7, 11) is 1.99. The predicted octanol–water partition coefficient (Wildman–Crippen LogP) is 2.03. The molecule has 1 saturated heterocycles. The van der Waals surface area contributed by atoms with Crippen LogP contribution in [-0.4, -0.2) is 62.3 Å². The van der Waals surface area contributed by atoms with Gasteiger partial charge in [-0.05, 0) is 13.5 Å². The average molecular weight is 348 g/mol. The molecule has 0 saturated carbocycles. The van der Waals surface area contributed by atoms with Gasteiger partial charge in [0.1, 0.15) is 12.5 Å². The highest BCUT2D eigenvalue weighted by Gasteiger charge is 2.33. The number of hydrogen-bond acceptors (Lipinski definition) is 7. The summed E-state index contributed by atoms with van der Waals surface area (Å²) in [4.78, 5) is 12.3. The third-order valence-corrected chi connectivity index (χ3v) is 4.38. The van der Waals surface area contributed by atoms with Crippen molar-refractivity contribution in [1.82, 2.24) is 30.0 Å². The monoisotopic (exact) mass is 348 g/mol. The quantitative estimate of drug-likeness (QED) is 0.758. The molecular formula is C17H25FN6O. The predicted molar refractivity (Wildman–Crippen MR) is 90.5 cm³/mol. The molecule has 2 aromatic rings. The van der Waals surface area contributed by atoms with E-state index in [1.54, 1.807) is 12.4 Å². The number of halogens is 1. The Morgan fingerprint density at radius 2 is 2.08 bits per heavy atom. The largest absolute Gasteiger partial charge is 0.424 e. The smallest absolute Gasteiger partial charge is 0.230 e. The van der Waals surface area contributed by atoms with Gasteiger partial charge in [0.25, 0.3) is 0 Å². The second kappa shape index (κ2) is 7.97. The second-order valence-electron chi connectivity index (χ2n) is 7.05. The van der Waals surface area contributed by atoms with Crippen LogP contribution in [0.15, 0.2) is 23.1 Å². The van der Waals surface area contributed by atoms with Gasteiger partial charge in [-0.2, -0.15) is 0 Å². The second-order valence-corrected chi connectivity index (χ2v) is 7.05. The molecule has 1 fully saturated rings. The molecule has 0 unspecified atom stereocenters. The summed E-state index contributed by atoms with van der Waals surface area (Å²) in [5.74, 6) is 1.47. The van der Waals surface area contributed by atoms with Crippen LogP contribution in [0.2, 0.25) is 0 Å². The SMILES string of the molecule is CC(C)c1nnc(CN(C)C[C@@H]2C[C@H](F)CN2Cc2cncnc2)o1. The maximum absolute atomic E-state index is 14.0. The lowest BCUT2D eigenvalue weighted by Gasteiger charge is -2.27. The Bertz CT molecular complexity index is 664. The summed E-state index contributed by atoms with van der Waals surface area (Å²) in [6.45, 7) is 6.46. The normalized spacial score (nSPS) is 21.5. The van der Waals surface area contributed by atoms with E-state index in [0.29, 0.717) is 37.8 Å². The maximum atomic E-state index is 14.0. The summed E-state index contributed by atoms with van der Waals surface area (Å²) in [5, 5.41) is 8.15. The molecular weight excluding hydrogens is 323 g/mol. The maximum Gasteiger partial charge on any atom is 0.230 e. The molecule has 0 bridgehead atoms. The highest BCUT2D eigenvalue weighted by Crippen LogP contribution is 2.23. The van der Waals surface area contributed by atoms with Crippen LogP contribution < -0.4 is 0 Å². The molecule has 2 aromatic heterocycles. The first-order chi connectivity index (χ1) is 12.0. The van der Waals surface area contributed by atoms with E-state index in [-0.39, 0.29) is 12.0 Å². The van der Waals surface area contributed by atoms with Crippen molar-refractivity contribution in [1.29, 1.82) is 0 Å². The molecule has 0 amide bonds. The van der Waals surface area contributed by atoms with Gasteiger partial charge in [0.15, 0.2) is 0 Å².